The average molecular weight is 290 g/mol. The van der Waals surface area contributed by atoms with Gasteiger partial charge < -0.3 is 15.2 Å². The molecule has 6 heteroatoms. The van der Waals surface area contributed by atoms with E-state index >= 15 is 0 Å². The van der Waals surface area contributed by atoms with E-state index in [1.54, 1.807) is 18.2 Å². The Bertz CT molecular complexity index is 461. The quantitative estimate of drug-likeness (QED) is 0.872. The minimum Gasteiger partial charge on any atom is -0.482 e. The van der Waals surface area contributed by atoms with Gasteiger partial charge in [0.15, 0.2) is 6.61 Å². The third-order valence-electron chi connectivity index (χ3n) is 2.81. The normalized spacial score (nSPS) is 16.2. The first-order valence-electron chi connectivity index (χ1n) is 5.54. The zero-order valence-electron chi connectivity index (χ0n) is 9.58. The Labute approximate surface area is 115 Å². The number of carbonyl (C=O) groups excluding carboxylic acids is 1. The molecule has 1 aromatic carbocycles. The summed E-state index contributed by atoms with van der Waals surface area (Å²) in [5.41, 5.74) is -0.432. The molecule has 1 saturated carbocycles. The highest BCUT2D eigenvalue weighted by molar-refractivity contribution is 6.34. The van der Waals surface area contributed by atoms with E-state index in [9.17, 15) is 4.79 Å². The minimum absolute atomic E-state index is 0.0450. The molecule has 2 N–H and O–H groups in total. The second-order valence-electron chi connectivity index (χ2n) is 4.35. The fraction of sp³-hybridized carbons (Fsp3) is 0.417. The van der Waals surface area contributed by atoms with Crippen LogP contribution in [0.4, 0.5) is 0 Å². The van der Waals surface area contributed by atoms with Crippen LogP contribution in [0, 0.1) is 0 Å². The lowest BCUT2D eigenvalue weighted by molar-refractivity contribution is -0.124. The number of aliphatic hydroxyl groups excluding tert-OH is 1. The molecule has 1 aromatic rings. The van der Waals surface area contributed by atoms with Crippen LogP contribution in [0.1, 0.15) is 12.8 Å². The summed E-state index contributed by atoms with van der Waals surface area (Å²) in [5, 5.41) is 12.7. The number of hydrogen-bond donors (Lipinski definition) is 2. The van der Waals surface area contributed by atoms with Crippen molar-refractivity contribution < 1.29 is 14.6 Å². The van der Waals surface area contributed by atoms with E-state index in [0.29, 0.717) is 15.8 Å². The van der Waals surface area contributed by atoms with E-state index in [4.69, 9.17) is 33.0 Å². The maximum atomic E-state index is 11.6. The van der Waals surface area contributed by atoms with E-state index in [0.717, 1.165) is 12.8 Å². The lowest BCUT2D eigenvalue weighted by Crippen LogP contribution is -2.42. The molecule has 0 heterocycles. The molecule has 0 saturated heterocycles. The van der Waals surface area contributed by atoms with Crippen LogP contribution in [0.3, 0.4) is 0 Å². The fourth-order valence-electron chi connectivity index (χ4n) is 1.54. The van der Waals surface area contributed by atoms with Gasteiger partial charge in [-0.25, -0.2) is 0 Å². The molecule has 4 nitrogen and oxygen atoms in total. The molecule has 1 fully saturated rings. The van der Waals surface area contributed by atoms with Gasteiger partial charge in [-0.2, -0.15) is 0 Å². The highest BCUT2D eigenvalue weighted by Crippen LogP contribution is 2.34. The van der Waals surface area contributed by atoms with Crippen LogP contribution in [-0.2, 0) is 4.79 Å². The van der Waals surface area contributed by atoms with E-state index in [2.05, 4.69) is 5.32 Å². The van der Waals surface area contributed by atoms with Crippen LogP contribution in [0.25, 0.3) is 0 Å². The summed E-state index contributed by atoms with van der Waals surface area (Å²) < 4.78 is 5.29. The number of benzene rings is 1. The molecule has 0 aliphatic heterocycles. The number of hydrogen-bond acceptors (Lipinski definition) is 3. The highest BCUT2D eigenvalue weighted by atomic mass is 35.5. The van der Waals surface area contributed by atoms with Gasteiger partial charge in [0.1, 0.15) is 5.75 Å². The number of aliphatic hydroxyl groups is 1. The summed E-state index contributed by atoms with van der Waals surface area (Å²) in [6.45, 7) is -0.196. The van der Waals surface area contributed by atoms with Gasteiger partial charge in [0.25, 0.3) is 5.91 Å². The molecule has 0 bridgehead atoms. The minimum atomic E-state index is -0.432. The Balaban J connectivity index is 1.87. The van der Waals surface area contributed by atoms with Crippen LogP contribution < -0.4 is 10.1 Å². The molecule has 2 rings (SSSR count). The molecule has 0 unspecified atom stereocenters. The molecule has 1 aliphatic rings. The predicted octanol–water partition coefficient (Wildman–Crippen LogP) is 2.01. The molecular formula is C12H13Cl2NO3. The Morgan fingerprint density at radius 1 is 1.44 bits per heavy atom. The third kappa shape index (κ3) is 3.28. The van der Waals surface area contributed by atoms with Crippen molar-refractivity contribution >= 4 is 29.1 Å². The summed E-state index contributed by atoms with van der Waals surface area (Å²) in [6.07, 6.45) is 1.60. The van der Waals surface area contributed by atoms with E-state index in [-0.39, 0.29) is 19.1 Å². The SMILES string of the molecule is O=C(COc1cc(Cl)ccc1Cl)NC1(CO)CC1. The molecule has 0 radical (unpaired) electrons. The maximum Gasteiger partial charge on any atom is 0.258 e. The standard InChI is InChI=1S/C12H13Cl2NO3/c13-8-1-2-9(14)10(5-8)18-6-11(17)15-12(7-16)3-4-12/h1-2,5,16H,3-4,6-7H2,(H,15,17). The Morgan fingerprint density at radius 2 is 2.17 bits per heavy atom. The van der Waals surface area contributed by atoms with Crippen molar-refractivity contribution in [2.24, 2.45) is 0 Å². The van der Waals surface area contributed by atoms with E-state index in [1.165, 1.54) is 0 Å². The lowest BCUT2D eigenvalue weighted by atomic mass is 10.3. The van der Waals surface area contributed by atoms with Crippen molar-refractivity contribution in [2.75, 3.05) is 13.2 Å². The van der Waals surface area contributed by atoms with Crippen molar-refractivity contribution in [3.63, 3.8) is 0 Å². The number of rotatable bonds is 5. The predicted molar refractivity (Wildman–Crippen MR) is 69.2 cm³/mol. The average Bonchev–Trinajstić information content (AvgIpc) is 3.11. The van der Waals surface area contributed by atoms with Gasteiger partial charge >= 0.3 is 0 Å². The Hall–Kier alpha value is -0.970. The second kappa shape index (κ2) is 5.34. The smallest absolute Gasteiger partial charge is 0.258 e. The van der Waals surface area contributed by atoms with Gasteiger partial charge in [-0.05, 0) is 25.0 Å². The first-order valence-corrected chi connectivity index (χ1v) is 6.30. The number of nitrogens with one attached hydrogen (secondary N) is 1. The zero-order valence-corrected chi connectivity index (χ0v) is 11.1. The fourth-order valence-corrected chi connectivity index (χ4v) is 1.87. The Kier molecular flexibility index (Phi) is 4.00. The molecular weight excluding hydrogens is 277 g/mol. The van der Waals surface area contributed by atoms with Crippen molar-refractivity contribution in [3.8, 4) is 5.75 Å². The van der Waals surface area contributed by atoms with Crippen LogP contribution >= 0.6 is 23.2 Å². The highest BCUT2D eigenvalue weighted by Gasteiger charge is 2.43. The van der Waals surface area contributed by atoms with Gasteiger partial charge in [-0.1, -0.05) is 23.2 Å². The molecule has 1 amide bonds. The molecule has 98 valence electrons. The third-order valence-corrected chi connectivity index (χ3v) is 3.36. The number of carbonyl (C=O) groups is 1. The van der Waals surface area contributed by atoms with Gasteiger partial charge in [0.2, 0.25) is 0 Å². The molecule has 0 spiro atoms. The van der Waals surface area contributed by atoms with Crippen LogP contribution in [0.5, 0.6) is 5.75 Å². The number of amides is 1. The summed E-state index contributed by atoms with van der Waals surface area (Å²) in [5.74, 6) is 0.0887. The van der Waals surface area contributed by atoms with E-state index in [1.807, 2.05) is 0 Å². The summed E-state index contributed by atoms with van der Waals surface area (Å²) in [4.78, 5) is 11.6. The summed E-state index contributed by atoms with van der Waals surface area (Å²) in [6, 6.07) is 4.80. The van der Waals surface area contributed by atoms with Crippen LogP contribution in [0.15, 0.2) is 18.2 Å². The second-order valence-corrected chi connectivity index (χ2v) is 5.19. The summed E-state index contributed by atoms with van der Waals surface area (Å²) >= 11 is 11.7. The van der Waals surface area contributed by atoms with Gasteiger partial charge in [0.05, 0.1) is 17.2 Å². The van der Waals surface area contributed by atoms with Crippen molar-refractivity contribution in [1.82, 2.24) is 5.32 Å². The Morgan fingerprint density at radius 3 is 2.78 bits per heavy atom. The van der Waals surface area contributed by atoms with Crippen molar-refractivity contribution in [3.05, 3.63) is 28.2 Å². The topological polar surface area (TPSA) is 58.6 Å². The zero-order chi connectivity index (χ0) is 13.2. The summed E-state index contributed by atoms with van der Waals surface area (Å²) in [7, 11) is 0. The number of ether oxygens (including phenoxy) is 1. The molecule has 0 aromatic heterocycles. The molecule has 1 aliphatic carbocycles. The molecule has 0 atom stereocenters. The van der Waals surface area contributed by atoms with Gasteiger partial charge in [0, 0.05) is 11.1 Å². The van der Waals surface area contributed by atoms with Crippen molar-refractivity contribution in [2.45, 2.75) is 18.4 Å². The first kappa shape index (κ1) is 13.5. The number of halogens is 2. The van der Waals surface area contributed by atoms with Gasteiger partial charge in [-0.3, -0.25) is 4.79 Å². The maximum absolute atomic E-state index is 11.6. The van der Waals surface area contributed by atoms with E-state index < -0.39 is 5.54 Å². The van der Waals surface area contributed by atoms with Gasteiger partial charge in [-0.15, -0.1) is 0 Å². The monoisotopic (exact) mass is 289 g/mol. The lowest BCUT2D eigenvalue weighted by Gasteiger charge is -2.15. The van der Waals surface area contributed by atoms with Crippen molar-refractivity contribution in [1.29, 1.82) is 0 Å². The molecule has 18 heavy (non-hydrogen) atoms. The van der Waals surface area contributed by atoms with Crippen LogP contribution in [-0.4, -0.2) is 29.8 Å². The van der Waals surface area contributed by atoms with Crippen LogP contribution in [0.2, 0.25) is 10.0 Å². The largest absolute Gasteiger partial charge is 0.482 e. The first-order chi connectivity index (χ1) is 8.54.